The molecule has 1 aromatic carbocycles. The highest BCUT2D eigenvalue weighted by Gasteiger charge is 2.30. The highest BCUT2D eigenvalue weighted by molar-refractivity contribution is 5.96. The van der Waals surface area contributed by atoms with Crippen LogP contribution in [0, 0.1) is 6.92 Å². The maximum Gasteiger partial charge on any atom is 0.289 e. The zero-order chi connectivity index (χ0) is 18.3. The normalized spacial score (nSPS) is 17.0. The second kappa shape index (κ2) is 6.37. The molecule has 1 aliphatic rings. The number of pyridine rings is 1. The van der Waals surface area contributed by atoms with Gasteiger partial charge in [-0.1, -0.05) is 18.2 Å². The number of carbonyl (C=O) groups excluding carboxylic acids is 1. The summed E-state index contributed by atoms with van der Waals surface area (Å²) in [5.41, 5.74) is 1.44. The maximum atomic E-state index is 12.7. The number of fused-ring (bicyclic) bond motifs is 1. The Morgan fingerprint density at radius 1 is 1.23 bits per heavy atom. The summed E-state index contributed by atoms with van der Waals surface area (Å²) in [6.45, 7) is 2.94. The van der Waals surface area contributed by atoms with Crippen molar-refractivity contribution in [2.45, 2.75) is 19.4 Å². The van der Waals surface area contributed by atoms with Crippen LogP contribution in [-0.2, 0) is 7.05 Å². The molecule has 2 aromatic heterocycles. The van der Waals surface area contributed by atoms with Gasteiger partial charge in [0.05, 0.1) is 6.54 Å². The minimum absolute atomic E-state index is 0.104. The van der Waals surface area contributed by atoms with Crippen molar-refractivity contribution < 1.29 is 13.9 Å². The number of amides is 1. The molecule has 0 spiro atoms. The smallest absolute Gasteiger partial charge is 0.289 e. The maximum absolute atomic E-state index is 12.7. The number of rotatable bonds is 3. The van der Waals surface area contributed by atoms with E-state index in [9.17, 15) is 9.59 Å². The molecule has 1 amide bonds. The Kier molecular flexibility index (Phi) is 4.03. The number of ether oxygens (including phenoxy) is 1. The lowest BCUT2D eigenvalue weighted by atomic mass is 10.2. The molecule has 1 unspecified atom stereocenters. The summed E-state index contributed by atoms with van der Waals surface area (Å²) in [6, 6.07) is 12.7. The quantitative estimate of drug-likeness (QED) is 0.727. The molecular formula is C20H20N2O4. The Balaban J connectivity index is 1.46. The second-order valence-electron chi connectivity index (χ2n) is 6.66. The van der Waals surface area contributed by atoms with Gasteiger partial charge in [-0.05, 0) is 25.1 Å². The molecule has 1 atom stereocenters. The first-order chi connectivity index (χ1) is 12.5. The van der Waals surface area contributed by atoms with Gasteiger partial charge >= 0.3 is 0 Å². The summed E-state index contributed by atoms with van der Waals surface area (Å²) in [4.78, 5) is 26.3. The lowest BCUT2D eigenvalue weighted by Crippen LogP contribution is -2.30. The van der Waals surface area contributed by atoms with Gasteiger partial charge in [0.2, 0.25) is 0 Å². The van der Waals surface area contributed by atoms with Crippen molar-refractivity contribution in [1.29, 1.82) is 0 Å². The van der Waals surface area contributed by atoms with Crippen LogP contribution < -0.4 is 10.3 Å². The standard InChI is InChI=1S/C20H20N2O4/c1-13-9-16(11-19(23)21(13)2)25-15-7-8-22(12-15)20(24)18-10-14-5-3-4-6-17(14)26-18/h3-6,9-11,15H,7-8,12H2,1-2H3. The van der Waals surface area contributed by atoms with E-state index in [-0.39, 0.29) is 17.6 Å². The third-order valence-corrected chi connectivity index (χ3v) is 4.85. The van der Waals surface area contributed by atoms with E-state index in [0.717, 1.165) is 17.5 Å². The first kappa shape index (κ1) is 16.4. The Bertz CT molecular complexity index is 1000. The van der Waals surface area contributed by atoms with Crippen molar-refractivity contribution in [3.05, 3.63) is 64.3 Å². The summed E-state index contributed by atoms with van der Waals surface area (Å²) in [7, 11) is 1.73. The van der Waals surface area contributed by atoms with E-state index >= 15 is 0 Å². The van der Waals surface area contributed by atoms with E-state index in [1.54, 1.807) is 22.6 Å². The molecule has 0 bridgehead atoms. The molecule has 0 saturated carbocycles. The van der Waals surface area contributed by atoms with Crippen LogP contribution >= 0.6 is 0 Å². The molecule has 0 N–H and O–H groups in total. The van der Waals surface area contributed by atoms with Gasteiger partial charge in [-0.3, -0.25) is 9.59 Å². The Morgan fingerprint density at radius 2 is 2.04 bits per heavy atom. The average Bonchev–Trinajstić information content (AvgIpc) is 3.25. The van der Waals surface area contributed by atoms with Gasteiger partial charge in [0, 0.05) is 37.2 Å². The number of hydrogen-bond donors (Lipinski definition) is 0. The fourth-order valence-electron chi connectivity index (χ4n) is 3.25. The zero-order valence-electron chi connectivity index (χ0n) is 14.8. The molecule has 26 heavy (non-hydrogen) atoms. The molecule has 4 rings (SSSR count). The van der Waals surface area contributed by atoms with Crippen LogP contribution in [0.25, 0.3) is 11.0 Å². The van der Waals surface area contributed by atoms with E-state index < -0.39 is 0 Å². The summed E-state index contributed by atoms with van der Waals surface area (Å²) < 4.78 is 13.2. The first-order valence-electron chi connectivity index (χ1n) is 8.63. The molecule has 0 aliphatic carbocycles. The van der Waals surface area contributed by atoms with Crippen LogP contribution in [0.15, 0.2) is 51.7 Å². The number of aromatic nitrogens is 1. The molecule has 1 saturated heterocycles. The summed E-state index contributed by atoms with van der Waals surface area (Å²) in [6.07, 6.45) is 0.593. The van der Waals surface area contributed by atoms with E-state index in [0.29, 0.717) is 30.2 Å². The Morgan fingerprint density at radius 3 is 2.81 bits per heavy atom. The zero-order valence-corrected chi connectivity index (χ0v) is 14.8. The van der Waals surface area contributed by atoms with E-state index in [4.69, 9.17) is 9.15 Å². The molecule has 3 aromatic rings. The summed E-state index contributed by atoms with van der Waals surface area (Å²) >= 11 is 0. The number of benzene rings is 1. The van der Waals surface area contributed by atoms with E-state index in [2.05, 4.69) is 0 Å². The molecular weight excluding hydrogens is 332 g/mol. The van der Waals surface area contributed by atoms with Gasteiger partial charge in [-0.25, -0.2) is 0 Å². The number of carbonyl (C=O) groups is 1. The highest BCUT2D eigenvalue weighted by Crippen LogP contribution is 2.23. The van der Waals surface area contributed by atoms with Gasteiger partial charge in [0.1, 0.15) is 17.4 Å². The van der Waals surface area contributed by atoms with Crippen LogP contribution in [0.5, 0.6) is 5.75 Å². The lowest BCUT2D eigenvalue weighted by molar-refractivity contribution is 0.0743. The van der Waals surface area contributed by atoms with Crippen LogP contribution in [0.4, 0.5) is 0 Å². The van der Waals surface area contributed by atoms with Gasteiger partial charge in [-0.15, -0.1) is 0 Å². The molecule has 6 heteroatoms. The van der Waals surface area contributed by atoms with Crippen molar-refractivity contribution in [3.63, 3.8) is 0 Å². The third-order valence-electron chi connectivity index (χ3n) is 4.85. The van der Waals surface area contributed by atoms with Crippen LogP contribution in [0.3, 0.4) is 0 Å². The van der Waals surface area contributed by atoms with Gasteiger partial charge < -0.3 is 18.6 Å². The van der Waals surface area contributed by atoms with E-state index in [1.165, 1.54) is 6.07 Å². The number of likely N-dealkylation sites (tertiary alicyclic amines) is 1. The SMILES string of the molecule is Cc1cc(OC2CCN(C(=O)c3cc4ccccc4o3)C2)cc(=O)n1C. The predicted octanol–water partition coefficient (Wildman–Crippen LogP) is 2.73. The lowest BCUT2D eigenvalue weighted by Gasteiger charge is -2.16. The summed E-state index contributed by atoms with van der Waals surface area (Å²) in [5.74, 6) is 0.761. The highest BCUT2D eigenvalue weighted by atomic mass is 16.5. The van der Waals surface area contributed by atoms with Gasteiger partial charge in [0.15, 0.2) is 5.76 Å². The average molecular weight is 352 g/mol. The van der Waals surface area contributed by atoms with Gasteiger partial charge in [0.25, 0.3) is 11.5 Å². The number of furan rings is 1. The molecule has 134 valence electrons. The van der Waals surface area contributed by atoms with Crippen molar-refractivity contribution >= 4 is 16.9 Å². The predicted molar refractivity (Wildman–Crippen MR) is 97.6 cm³/mol. The molecule has 1 aliphatic heterocycles. The first-order valence-corrected chi connectivity index (χ1v) is 8.63. The minimum Gasteiger partial charge on any atom is -0.488 e. The number of para-hydroxylation sites is 1. The number of nitrogens with zero attached hydrogens (tertiary/aromatic N) is 2. The topological polar surface area (TPSA) is 64.7 Å². The second-order valence-corrected chi connectivity index (χ2v) is 6.66. The largest absolute Gasteiger partial charge is 0.488 e. The third kappa shape index (κ3) is 2.98. The molecule has 3 heterocycles. The van der Waals surface area contributed by atoms with Crippen molar-refractivity contribution in [2.75, 3.05) is 13.1 Å². The fourth-order valence-corrected chi connectivity index (χ4v) is 3.25. The molecule has 1 fully saturated rings. The van der Waals surface area contributed by atoms with Gasteiger partial charge in [-0.2, -0.15) is 0 Å². The molecule has 6 nitrogen and oxygen atoms in total. The fraction of sp³-hybridized carbons (Fsp3) is 0.300. The minimum atomic E-state index is -0.132. The van der Waals surface area contributed by atoms with Crippen molar-refractivity contribution in [2.24, 2.45) is 7.05 Å². The van der Waals surface area contributed by atoms with Crippen LogP contribution in [-0.4, -0.2) is 34.6 Å². The van der Waals surface area contributed by atoms with Crippen LogP contribution in [0.2, 0.25) is 0 Å². The van der Waals surface area contributed by atoms with E-state index in [1.807, 2.05) is 37.3 Å². The van der Waals surface area contributed by atoms with Crippen molar-refractivity contribution in [3.8, 4) is 5.75 Å². The number of aryl methyl sites for hydroxylation is 1. The number of hydrogen-bond acceptors (Lipinski definition) is 4. The van der Waals surface area contributed by atoms with Crippen LogP contribution in [0.1, 0.15) is 22.7 Å². The Hall–Kier alpha value is -3.02. The Labute approximate surface area is 150 Å². The monoisotopic (exact) mass is 352 g/mol. The molecule has 0 radical (unpaired) electrons. The summed E-state index contributed by atoms with van der Waals surface area (Å²) in [5, 5.41) is 0.915. The van der Waals surface area contributed by atoms with Crippen molar-refractivity contribution in [1.82, 2.24) is 9.47 Å².